The van der Waals surface area contributed by atoms with E-state index in [1.54, 1.807) is 6.07 Å². The van der Waals surface area contributed by atoms with Crippen LogP contribution in [-0.4, -0.2) is 16.3 Å². The van der Waals surface area contributed by atoms with E-state index in [-0.39, 0.29) is 17.7 Å². The van der Waals surface area contributed by atoms with Gasteiger partial charge in [0.05, 0.1) is 0 Å². The van der Waals surface area contributed by atoms with Crippen LogP contribution in [0.3, 0.4) is 0 Å². The van der Waals surface area contributed by atoms with E-state index in [9.17, 15) is 9.59 Å². The van der Waals surface area contributed by atoms with Crippen molar-refractivity contribution in [2.45, 2.75) is 39.7 Å². The van der Waals surface area contributed by atoms with Crippen molar-refractivity contribution < 1.29 is 9.52 Å². The largest absolute Gasteiger partial charge is 0.456 e. The summed E-state index contributed by atoms with van der Waals surface area (Å²) in [6.45, 7) is 4.47. The average Bonchev–Trinajstić information content (AvgIpc) is 2.79. The molecule has 0 aliphatic rings. The molecule has 1 N–H and O–H groups in total. The van der Waals surface area contributed by atoms with Gasteiger partial charge in [-0.2, -0.15) is 0 Å². The second-order valence-electron chi connectivity index (χ2n) is 7.31. The molecule has 3 aromatic carbocycles. The van der Waals surface area contributed by atoms with E-state index in [1.807, 2.05) is 50.2 Å². The van der Waals surface area contributed by atoms with Crippen molar-refractivity contribution in [2.75, 3.05) is 6.61 Å². The Hall–Kier alpha value is -2.70. The maximum absolute atomic E-state index is 13.1. The summed E-state index contributed by atoms with van der Waals surface area (Å²) < 4.78 is 8.35. The Labute approximate surface area is 187 Å². The first-order chi connectivity index (χ1) is 15.1. The van der Waals surface area contributed by atoms with E-state index >= 15 is 0 Å². The highest BCUT2D eigenvalue weighted by Gasteiger charge is 2.18. The Morgan fingerprint density at radius 3 is 2.16 bits per heavy atom. The molecule has 0 fully saturated rings. The van der Waals surface area contributed by atoms with Crippen LogP contribution < -0.4 is 11.1 Å². The summed E-state index contributed by atoms with van der Waals surface area (Å²) in [6.07, 6.45) is 2.12. The number of rotatable bonds is 5. The normalized spacial score (nSPS) is 11.5. The summed E-state index contributed by atoms with van der Waals surface area (Å²) in [5, 5.41) is 13.4. The van der Waals surface area contributed by atoms with E-state index in [0.29, 0.717) is 41.1 Å². The molecule has 160 valence electrons. The molecule has 0 aliphatic heterocycles. The van der Waals surface area contributed by atoms with E-state index in [0.717, 1.165) is 32.6 Å². The predicted molar refractivity (Wildman–Crippen MR) is 130 cm³/mol. The van der Waals surface area contributed by atoms with Crippen molar-refractivity contribution in [1.82, 2.24) is 4.57 Å². The Bertz CT molecular complexity index is 1470. The van der Waals surface area contributed by atoms with Gasteiger partial charge in [0.15, 0.2) is 0 Å². The number of nitrogens with zero attached hydrogens (tertiary/aromatic N) is 1. The smallest absolute Gasteiger partial charge is 0.261 e. The fourth-order valence-corrected chi connectivity index (χ4v) is 4.56. The molecule has 0 radical (unpaired) electrons. The summed E-state index contributed by atoms with van der Waals surface area (Å²) in [5.41, 5.74) is 0.876. The van der Waals surface area contributed by atoms with E-state index in [4.69, 9.17) is 9.52 Å². The molecule has 2 aromatic heterocycles. The summed E-state index contributed by atoms with van der Waals surface area (Å²) in [7, 11) is 0. The maximum Gasteiger partial charge on any atom is 0.261 e. The number of pyridine rings is 1. The van der Waals surface area contributed by atoms with Crippen molar-refractivity contribution in [2.24, 2.45) is 0 Å². The van der Waals surface area contributed by atoms with Crippen LogP contribution in [0.25, 0.3) is 43.5 Å². The van der Waals surface area contributed by atoms with Gasteiger partial charge in [-0.25, -0.2) is 0 Å². The topological polar surface area (TPSA) is 72.4 Å². The molecule has 2 heterocycles. The van der Waals surface area contributed by atoms with Gasteiger partial charge in [0.1, 0.15) is 11.2 Å². The Morgan fingerprint density at radius 1 is 0.806 bits per heavy atom. The van der Waals surface area contributed by atoms with Gasteiger partial charge < -0.3 is 9.52 Å². The zero-order chi connectivity index (χ0) is 22.1. The van der Waals surface area contributed by atoms with Crippen LogP contribution in [0.2, 0.25) is 0 Å². The summed E-state index contributed by atoms with van der Waals surface area (Å²) in [5.74, 6) is 0. The lowest BCUT2D eigenvalue weighted by atomic mass is 9.96. The van der Waals surface area contributed by atoms with Crippen LogP contribution in [0.4, 0.5) is 0 Å². The number of unbranched alkanes of at least 4 members (excludes halogenated alkanes) is 2. The SMILES string of the molecule is CC.O=c1c2ccc3oc4ccc(Br)cc4c4ccc(c(=O)n1CCCCCO)c2c34. The highest BCUT2D eigenvalue weighted by Crippen LogP contribution is 2.37. The average molecular weight is 482 g/mol. The lowest BCUT2D eigenvalue weighted by Crippen LogP contribution is -2.33. The standard InChI is InChI=1S/C23H18BrNO4.C2H6/c24-13-4-8-18-17(12-13)14-5-6-15-20-16(7-9-19(29-18)21(14)20)23(28)25(22(15)27)10-2-1-3-11-26;1-2/h4-9,12,26H,1-3,10-11H2;1-2H3. The van der Waals surface area contributed by atoms with Crippen molar-refractivity contribution in [3.8, 4) is 0 Å². The lowest BCUT2D eigenvalue weighted by molar-refractivity contribution is 0.281. The number of benzene rings is 3. The summed E-state index contributed by atoms with van der Waals surface area (Å²) in [6, 6.07) is 13.1. The molecule has 0 saturated heterocycles. The fourth-order valence-electron chi connectivity index (χ4n) is 4.19. The van der Waals surface area contributed by atoms with E-state index < -0.39 is 0 Å². The maximum atomic E-state index is 13.1. The van der Waals surface area contributed by atoms with Crippen LogP contribution in [0.15, 0.2) is 60.9 Å². The highest BCUT2D eigenvalue weighted by atomic mass is 79.9. The minimum absolute atomic E-state index is 0.118. The third-order valence-electron chi connectivity index (χ3n) is 5.57. The van der Waals surface area contributed by atoms with Crippen LogP contribution in [-0.2, 0) is 6.54 Å². The van der Waals surface area contributed by atoms with Crippen molar-refractivity contribution in [1.29, 1.82) is 0 Å². The minimum atomic E-state index is -0.268. The van der Waals surface area contributed by atoms with Gasteiger partial charge in [0.25, 0.3) is 11.1 Å². The Morgan fingerprint density at radius 2 is 1.45 bits per heavy atom. The van der Waals surface area contributed by atoms with Crippen LogP contribution in [0, 0.1) is 0 Å². The van der Waals surface area contributed by atoms with Crippen molar-refractivity contribution >= 4 is 59.4 Å². The second-order valence-corrected chi connectivity index (χ2v) is 8.23. The predicted octanol–water partition coefficient (Wildman–Crippen LogP) is 5.80. The Balaban J connectivity index is 0.00000112. The zero-order valence-corrected chi connectivity index (χ0v) is 19.2. The zero-order valence-electron chi connectivity index (χ0n) is 17.6. The van der Waals surface area contributed by atoms with Crippen LogP contribution in [0.1, 0.15) is 33.1 Å². The molecule has 0 atom stereocenters. The number of halogens is 1. The third kappa shape index (κ3) is 3.54. The number of aromatic nitrogens is 1. The molecule has 0 saturated carbocycles. The number of aliphatic hydroxyl groups excluding tert-OH is 1. The first kappa shape index (κ1) is 21.5. The highest BCUT2D eigenvalue weighted by molar-refractivity contribution is 9.10. The van der Waals surface area contributed by atoms with E-state index in [2.05, 4.69) is 15.9 Å². The minimum Gasteiger partial charge on any atom is -0.456 e. The number of hydrogen-bond donors (Lipinski definition) is 1. The van der Waals surface area contributed by atoms with Crippen LogP contribution >= 0.6 is 15.9 Å². The molecule has 0 spiro atoms. The molecule has 31 heavy (non-hydrogen) atoms. The molecular weight excluding hydrogens is 458 g/mol. The van der Waals surface area contributed by atoms with Gasteiger partial charge in [0, 0.05) is 44.6 Å². The van der Waals surface area contributed by atoms with E-state index in [1.165, 1.54) is 4.57 Å². The molecular formula is C25H24BrNO4. The molecule has 0 aliphatic carbocycles. The van der Waals surface area contributed by atoms with Gasteiger partial charge >= 0.3 is 0 Å². The number of hydrogen-bond acceptors (Lipinski definition) is 4. The quantitative estimate of drug-likeness (QED) is 0.195. The first-order valence-corrected chi connectivity index (χ1v) is 11.4. The lowest BCUT2D eigenvalue weighted by Gasteiger charge is -2.14. The molecule has 5 rings (SSSR count). The van der Waals surface area contributed by atoms with Crippen LogP contribution in [0.5, 0.6) is 0 Å². The molecule has 0 bridgehead atoms. The van der Waals surface area contributed by atoms with Gasteiger partial charge in [-0.05, 0) is 61.0 Å². The second kappa shape index (κ2) is 8.81. The number of fused-ring (bicyclic) bond motifs is 2. The van der Waals surface area contributed by atoms with Gasteiger partial charge in [-0.1, -0.05) is 35.8 Å². The molecule has 6 heteroatoms. The molecule has 0 amide bonds. The summed E-state index contributed by atoms with van der Waals surface area (Å²) >= 11 is 3.51. The molecule has 5 nitrogen and oxygen atoms in total. The number of aliphatic hydroxyl groups is 1. The molecule has 0 unspecified atom stereocenters. The molecule has 5 aromatic rings. The van der Waals surface area contributed by atoms with Gasteiger partial charge in [-0.15, -0.1) is 0 Å². The summed E-state index contributed by atoms with van der Waals surface area (Å²) in [4.78, 5) is 26.2. The third-order valence-corrected chi connectivity index (χ3v) is 6.06. The fraction of sp³-hybridized carbons (Fsp3) is 0.280. The first-order valence-electron chi connectivity index (χ1n) is 10.6. The van der Waals surface area contributed by atoms with Crippen molar-refractivity contribution in [3.63, 3.8) is 0 Å². The Kier molecular flexibility index (Phi) is 6.12. The van der Waals surface area contributed by atoms with Crippen molar-refractivity contribution in [3.05, 3.63) is 67.6 Å². The van der Waals surface area contributed by atoms with Gasteiger partial charge in [-0.3, -0.25) is 14.2 Å². The monoisotopic (exact) mass is 481 g/mol. The van der Waals surface area contributed by atoms with Gasteiger partial charge in [0.2, 0.25) is 0 Å².